The molecule has 1 aromatic carbocycles. The molecule has 1 aromatic rings. The molecule has 1 N–H and O–H groups in total. The van der Waals surface area contributed by atoms with E-state index in [1.807, 2.05) is 12.1 Å². The fraction of sp³-hybridized carbons (Fsp3) is 0.462. The number of carbonyl (C=O) groups excluding carboxylic acids is 1. The molecule has 0 heterocycles. The molecule has 1 aliphatic carbocycles. The molecule has 0 spiro atoms. The maximum Gasteiger partial charge on any atom is 0.327 e. The van der Waals surface area contributed by atoms with Crippen LogP contribution in [0.2, 0.25) is 5.02 Å². The molecule has 98 valence electrons. The zero-order valence-corrected chi connectivity index (χ0v) is 12.4. The summed E-state index contributed by atoms with van der Waals surface area (Å²) in [5, 5.41) is 3.89. The van der Waals surface area contributed by atoms with Gasteiger partial charge in [-0.3, -0.25) is 5.32 Å². The largest absolute Gasteiger partial charge is 0.465 e. The number of hydrogen-bond acceptors (Lipinski definition) is 3. The zero-order chi connectivity index (χ0) is 13.1. The van der Waals surface area contributed by atoms with Gasteiger partial charge in [-0.15, -0.1) is 0 Å². The Hall–Kier alpha value is -0.580. The van der Waals surface area contributed by atoms with Gasteiger partial charge >= 0.3 is 5.97 Å². The van der Waals surface area contributed by atoms with Crippen LogP contribution in [-0.2, 0) is 9.53 Å². The fourth-order valence-electron chi connectivity index (χ4n) is 1.70. The van der Waals surface area contributed by atoms with Crippen LogP contribution in [0.5, 0.6) is 0 Å². The number of carbonyl (C=O) groups is 1. The molecular weight excluding hydrogens is 318 g/mol. The Labute approximate surface area is 120 Å². The van der Waals surface area contributed by atoms with Gasteiger partial charge < -0.3 is 4.74 Å². The van der Waals surface area contributed by atoms with Gasteiger partial charge in [-0.05, 0) is 53.4 Å². The second-order valence-corrected chi connectivity index (χ2v) is 5.56. The monoisotopic (exact) mass is 331 g/mol. The Bertz CT molecular complexity index is 449. The van der Waals surface area contributed by atoms with Crippen molar-refractivity contribution in [1.82, 2.24) is 5.32 Å². The third-order valence-corrected chi connectivity index (χ3v) is 4.01. The molecule has 0 saturated heterocycles. The number of hydrogen-bond donors (Lipinski definition) is 1. The molecule has 5 heteroatoms. The number of ether oxygens (including phenoxy) is 1. The SMILES string of the molecule is CCOC(=O)C(NC1CC1)c1ccc(Br)c(Cl)c1. The molecule has 1 fully saturated rings. The van der Waals surface area contributed by atoms with E-state index in [0.717, 1.165) is 22.9 Å². The molecule has 2 rings (SSSR count). The summed E-state index contributed by atoms with van der Waals surface area (Å²) in [5.41, 5.74) is 0.841. The first-order chi connectivity index (χ1) is 8.61. The zero-order valence-electron chi connectivity index (χ0n) is 10.1. The summed E-state index contributed by atoms with van der Waals surface area (Å²) < 4.78 is 5.92. The summed E-state index contributed by atoms with van der Waals surface area (Å²) >= 11 is 9.41. The van der Waals surface area contributed by atoms with Crippen LogP contribution in [0.25, 0.3) is 0 Å². The molecule has 0 bridgehead atoms. The third kappa shape index (κ3) is 3.46. The Kier molecular flexibility index (Phi) is 4.65. The Morgan fingerprint density at radius 3 is 2.89 bits per heavy atom. The minimum absolute atomic E-state index is 0.247. The van der Waals surface area contributed by atoms with Crippen molar-refractivity contribution in [3.63, 3.8) is 0 Å². The Balaban J connectivity index is 2.20. The first-order valence-corrected chi connectivity index (χ1v) is 7.16. The second-order valence-electron chi connectivity index (χ2n) is 4.30. The average molecular weight is 333 g/mol. The highest BCUT2D eigenvalue weighted by molar-refractivity contribution is 9.10. The maximum absolute atomic E-state index is 12.0. The van der Waals surface area contributed by atoms with Gasteiger partial charge in [0.15, 0.2) is 0 Å². The van der Waals surface area contributed by atoms with Gasteiger partial charge in [0.25, 0.3) is 0 Å². The average Bonchev–Trinajstić information content (AvgIpc) is 3.14. The summed E-state index contributed by atoms with van der Waals surface area (Å²) in [6.45, 7) is 2.19. The normalized spacial score (nSPS) is 16.4. The summed E-state index contributed by atoms with van der Waals surface area (Å²) in [6.07, 6.45) is 2.22. The standard InChI is InChI=1S/C13H15BrClNO2/c1-2-18-13(17)12(16-9-4-5-9)8-3-6-10(14)11(15)7-8/h3,6-7,9,12,16H,2,4-5H2,1H3. The van der Waals surface area contributed by atoms with Gasteiger partial charge in [-0.2, -0.15) is 0 Å². The van der Waals surface area contributed by atoms with Crippen LogP contribution in [0.3, 0.4) is 0 Å². The Morgan fingerprint density at radius 2 is 2.33 bits per heavy atom. The van der Waals surface area contributed by atoms with Gasteiger partial charge in [0.1, 0.15) is 6.04 Å². The molecule has 1 unspecified atom stereocenters. The smallest absolute Gasteiger partial charge is 0.327 e. The predicted molar refractivity (Wildman–Crippen MR) is 74.7 cm³/mol. The van der Waals surface area contributed by atoms with E-state index in [2.05, 4.69) is 21.2 Å². The van der Waals surface area contributed by atoms with Crippen LogP contribution in [-0.4, -0.2) is 18.6 Å². The van der Waals surface area contributed by atoms with Crippen LogP contribution in [0.15, 0.2) is 22.7 Å². The third-order valence-electron chi connectivity index (χ3n) is 2.78. The number of rotatable bonds is 5. The molecule has 0 aliphatic heterocycles. The van der Waals surface area contributed by atoms with Crippen molar-refractivity contribution in [3.8, 4) is 0 Å². The molecule has 0 aromatic heterocycles. The molecule has 18 heavy (non-hydrogen) atoms. The van der Waals surface area contributed by atoms with Gasteiger partial charge in [0.05, 0.1) is 11.6 Å². The molecule has 3 nitrogen and oxygen atoms in total. The first kappa shape index (κ1) is 13.8. The topological polar surface area (TPSA) is 38.3 Å². The van der Waals surface area contributed by atoms with Crippen molar-refractivity contribution in [1.29, 1.82) is 0 Å². The predicted octanol–water partition coefficient (Wildman–Crippen LogP) is 3.46. The summed E-state index contributed by atoms with van der Waals surface area (Å²) in [5.74, 6) is -0.247. The van der Waals surface area contributed by atoms with E-state index in [0.29, 0.717) is 17.7 Å². The summed E-state index contributed by atoms with van der Waals surface area (Å²) in [6, 6.07) is 5.51. The highest BCUT2D eigenvalue weighted by Gasteiger charge is 2.30. The summed E-state index contributed by atoms with van der Waals surface area (Å²) in [4.78, 5) is 12.0. The molecule has 1 atom stereocenters. The van der Waals surface area contributed by atoms with E-state index in [4.69, 9.17) is 16.3 Å². The van der Waals surface area contributed by atoms with Gasteiger partial charge in [-0.1, -0.05) is 17.7 Å². The van der Waals surface area contributed by atoms with Crippen LogP contribution >= 0.6 is 27.5 Å². The van der Waals surface area contributed by atoms with Crippen molar-refractivity contribution in [2.24, 2.45) is 0 Å². The minimum atomic E-state index is -0.428. The number of nitrogens with one attached hydrogen (secondary N) is 1. The van der Waals surface area contributed by atoms with Gasteiger partial charge in [0.2, 0.25) is 0 Å². The van der Waals surface area contributed by atoms with Crippen LogP contribution in [0.1, 0.15) is 31.4 Å². The molecule has 1 saturated carbocycles. The van der Waals surface area contributed by atoms with E-state index in [1.165, 1.54) is 0 Å². The van der Waals surface area contributed by atoms with Gasteiger partial charge in [0, 0.05) is 10.5 Å². The highest BCUT2D eigenvalue weighted by Crippen LogP contribution is 2.29. The van der Waals surface area contributed by atoms with Crippen molar-refractivity contribution in [2.75, 3.05) is 6.61 Å². The minimum Gasteiger partial charge on any atom is -0.465 e. The van der Waals surface area contributed by atoms with Crippen molar-refractivity contribution >= 4 is 33.5 Å². The van der Waals surface area contributed by atoms with Crippen LogP contribution in [0, 0.1) is 0 Å². The van der Waals surface area contributed by atoms with E-state index in [-0.39, 0.29) is 5.97 Å². The maximum atomic E-state index is 12.0. The van der Waals surface area contributed by atoms with Crippen LogP contribution in [0.4, 0.5) is 0 Å². The second kappa shape index (κ2) is 6.04. The number of halogens is 2. The van der Waals surface area contributed by atoms with Crippen molar-refractivity contribution in [3.05, 3.63) is 33.3 Å². The lowest BCUT2D eigenvalue weighted by atomic mass is 10.1. The molecule has 0 amide bonds. The Morgan fingerprint density at radius 1 is 1.61 bits per heavy atom. The quantitative estimate of drug-likeness (QED) is 0.839. The molecular formula is C13H15BrClNO2. The summed E-state index contributed by atoms with van der Waals surface area (Å²) in [7, 11) is 0. The van der Waals surface area contributed by atoms with E-state index in [9.17, 15) is 4.79 Å². The lowest BCUT2D eigenvalue weighted by Crippen LogP contribution is -2.31. The van der Waals surface area contributed by atoms with Crippen molar-refractivity contribution in [2.45, 2.75) is 31.8 Å². The molecule has 1 aliphatic rings. The van der Waals surface area contributed by atoms with Gasteiger partial charge in [-0.25, -0.2) is 4.79 Å². The lowest BCUT2D eigenvalue weighted by molar-refractivity contribution is -0.145. The lowest BCUT2D eigenvalue weighted by Gasteiger charge is -2.17. The van der Waals surface area contributed by atoms with E-state index < -0.39 is 6.04 Å². The number of esters is 1. The van der Waals surface area contributed by atoms with E-state index in [1.54, 1.807) is 13.0 Å². The van der Waals surface area contributed by atoms with Crippen molar-refractivity contribution < 1.29 is 9.53 Å². The fourth-order valence-corrected chi connectivity index (χ4v) is 2.14. The molecule has 0 radical (unpaired) electrons. The van der Waals surface area contributed by atoms with Crippen LogP contribution < -0.4 is 5.32 Å². The van der Waals surface area contributed by atoms with E-state index >= 15 is 0 Å². The first-order valence-electron chi connectivity index (χ1n) is 5.99. The highest BCUT2D eigenvalue weighted by atomic mass is 79.9. The number of benzene rings is 1.